The molecule has 0 fully saturated rings. The summed E-state index contributed by atoms with van der Waals surface area (Å²) in [6.45, 7) is 1.81. The first-order valence-corrected chi connectivity index (χ1v) is 9.36. The number of nitro groups is 1. The van der Waals surface area contributed by atoms with Crippen molar-refractivity contribution in [2.24, 2.45) is 0 Å². The molecule has 6 nitrogen and oxygen atoms in total. The summed E-state index contributed by atoms with van der Waals surface area (Å²) in [5.41, 5.74) is 9.56. The fourth-order valence-electron chi connectivity index (χ4n) is 3.98. The molecule has 0 bridgehead atoms. The highest BCUT2D eigenvalue weighted by molar-refractivity contribution is 5.59. The molecule has 1 aliphatic rings. The Hall–Kier alpha value is -2.60. The number of anilines is 1. The summed E-state index contributed by atoms with van der Waals surface area (Å²) in [7, 11) is 3.84. The number of hydrogen-bond acceptors (Lipinski definition) is 5. The highest BCUT2D eigenvalue weighted by atomic mass is 16.6. The molecule has 0 radical (unpaired) electrons. The molecule has 2 N–H and O–H groups in total. The minimum Gasteiger partial charge on any atom is -0.496 e. The Labute approximate surface area is 160 Å². The van der Waals surface area contributed by atoms with Crippen LogP contribution >= 0.6 is 0 Å². The lowest BCUT2D eigenvalue weighted by atomic mass is 9.82. The second-order valence-corrected chi connectivity index (χ2v) is 7.28. The van der Waals surface area contributed by atoms with Gasteiger partial charge in [0, 0.05) is 19.2 Å². The van der Waals surface area contributed by atoms with E-state index in [1.54, 1.807) is 19.2 Å². The number of methoxy groups -OCH3 is 1. The van der Waals surface area contributed by atoms with Gasteiger partial charge in [-0.1, -0.05) is 18.2 Å². The number of hydrogen-bond donors (Lipinski definition) is 1. The van der Waals surface area contributed by atoms with Crippen molar-refractivity contribution in [3.05, 3.63) is 63.2 Å². The molecule has 6 heteroatoms. The zero-order valence-corrected chi connectivity index (χ0v) is 16.0. The molecule has 3 rings (SSSR count). The highest BCUT2D eigenvalue weighted by Gasteiger charge is 2.23. The van der Waals surface area contributed by atoms with Gasteiger partial charge in [0.25, 0.3) is 5.69 Å². The molecule has 0 saturated carbocycles. The standard InChI is InChI=1S/C21H27N3O3/c1-23(12-11-15-9-10-19(22)20(13-15)24(25)26)14-16-5-3-7-18-17(16)6-4-8-21(18)27-2/h4,6,8-10,13,16H,3,5,7,11-12,14,22H2,1-2H3/t16-/m0/s1. The molecule has 2 aromatic carbocycles. The maximum atomic E-state index is 11.0. The molecule has 0 aliphatic heterocycles. The maximum Gasteiger partial charge on any atom is 0.292 e. The van der Waals surface area contributed by atoms with Gasteiger partial charge in [-0.25, -0.2) is 0 Å². The third-order valence-corrected chi connectivity index (χ3v) is 5.41. The van der Waals surface area contributed by atoms with Crippen molar-refractivity contribution in [3.8, 4) is 5.75 Å². The molecule has 1 aliphatic carbocycles. The fourth-order valence-corrected chi connectivity index (χ4v) is 3.98. The van der Waals surface area contributed by atoms with Crippen LogP contribution in [0, 0.1) is 10.1 Å². The van der Waals surface area contributed by atoms with Crippen LogP contribution in [0.2, 0.25) is 0 Å². The molecular weight excluding hydrogens is 342 g/mol. The summed E-state index contributed by atoms with van der Waals surface area (Å²) in [4.78, 5) is 12.9. The first kappa shape index (κ1) is 19.2. The topological polar surface area (TPSA) is 81.6 Å². The fraction of sp³-hybridized carbons (Fsp3) is 0.429. The number of nitrogens with two attached hydrogens (primary N) is 1. The highest BCUT2D eigenvalue weighted by Crippen LogP contribution is 2.36. The number of benzene rings is 2. The van der Waals surface area contributed by atoms with Crippen molar-refractivity contribution in [2.45, 2.75) is 31.6 Å². The van der Waals surface area contributed by atoms with Crippen LogP contribution in [0.15, 0.2) is 36.4 Å². The quantitative estimate of drug-likeness (QED) is 0.456. The molecule has 0 spiro atoms. The number of fused-ring (bicyclic) bond motifs is 1. The average Bonchev–Trinajstić information content (AvgIpc) is 2.67. The van der Waals surface area contributed by atoms with Crippen LogP contribution in [-0.2, 0) is 12.8 Å². The molecular formula is C21H27N3O3. The van der Waals surface area contributed by atoms with Gasteiger partial charge in [-0.2, -0.15) is 0 Å². The van der Waals surface area contributed by atoms with Gasteiger partial charge in [0.15, 0.2) is 0 Å². The van der Waals surface area contributed by atoms with Crippen molar-refractivity contribution in [1.82, 2.24) is 4.90 Å². The number of nitrogen functional groups attached to an aromatic ring is 1. The Balaban J connectivity index is 1.63. The van der Waals surface area contributed by atoms with Gasteiger partial charge >= 0.3 is 0 Å². The first-order chi connectivity index (χ1) is 13.0. The Kier molecular flexibility index (Phi) is 5.96. The van der Waals surface area contributed by atoms with Crippen LogP contribution in [0.25, 0.3) is 0 Å². The smallest absolute Gasteiger partial charge is 0.292 e. The zero-order valence-electron chi connectivity index (χ0n) is 16.0. The number of rotatable bonds is 7. The zero-order chi connectivity index (χ0) is 19.4. The minimum absolute atomic E-state index is 0.0107. The number of ether oxygens (including phenoxy) is 1. The average molecular weight is 369 g/mol. The van der Waals surface area contributed by atoms with Crippen molar-refractivity contribution in [3.63, 3.8) is 0 Å². The van der Waals surface area contributed by atoms with Gasteiger partial charge in [-0.15, -0.1) is 0 Å². The third-order valence-electron chi connectivity index (χ3n) is 5.41. The number of likely N-dealkylation sites (N-methyl/N-ethyl adjacent to an activating group) is 1. The summed E-state index contributed by atoms with van der Waals surface area (Å²) in [6, 6.07) is 11.4. The predicted octanol–water partition coefficient (Wildman–Crippen LogP) is 3.78. The minimum atomic E-state index is -0.422. The second kappa shape index (κ2) is 8.39. The van der Waals surface area contributed by atoms with Crippen LogP contribution in [0.4, 0.5) is 11.4 Å². The van der Waals surface area contributed by atoms with E-state index in [0.717, 1.165) is 37.2 Å². The lowest BCUT2D eigenvalue weighted by Gasteiger charge is -2.30. The van der Waals surface area contributed by atoms with Crippen molar-refractivity contribution in [2.75, 3.05) is 33.0 Å². The van der Waals surface area contributed by atoms with Gasteiger partial charge in [0.1, 0.15) is 11.4 Å². The van der Waals surface area contributed by atoms with E-state index in [1.807, 2.05) is 12.1 Å². The predicted molar refractivity (Wildman–Crippen MR) is 107 cm³/mol. The summed E-state index contributed by atoms with van der Waals surface area (Å²) >= 11 is 0. The lowest BCUT2D eigenvalue weighted by Crippen LogP contribution is -2.28. The number of nitrogens with zero attached hydrogens (tertiary/aromatic N) is 2. The molecule has 0 aromatic heterocycles. The first-order valence-electron chi connectivity index (χ1n) is 9.36. The Morgan fingerprint density at radius 3 is 2.89 bits per heavy atom. The molecule has 0 heterocycles. The van der Waals surface area contributed by atoms with Crippen LogP contribution in [-0.4, -0.2) is 37.1 Å². The molecule has 144 valence electrons. The molecule has 0 amide bonds. The number of nitro benzene ring substituents is 1. The van der Waals surface area contributed by atoms with E-state index in [9.17, 15) is 10.1 Å². The normalized spacial score (nSPS) is 16.2. The Bertz CT molecular complexity index is 822. The van der Waals surface area contributed by atoms with Gasteiger partial charge in [-0.3, -0.25) is 10.1 Å². The van der Waals surface area contributed by atoms with Gasteiger partial charge in [-0.05, 0) is 67.5 Å². The van der Waals surface area contributed by atoms with Crippen molar-refractivity contribution >= 4 is 11.4 Å². The Morgan fingerprint density at radius 2 is 2.15 bits per heavy atom. The molecule has 0 saturated heterocycles. The van der Waals surface area contributed by atoms with Crippen molar-refractivity contribution in [1.29, 1.82) is 0 Å². The van der Waals surface area contributed by atoms with Crippen LogP contribution < -0.4 is 10.5 Å². The van der Waals surface area contributed by atoms with E-state index in [-0.39, 0.29) is 11.4 Å². The van der Waals surface area contributed by atoms with Gasteiger partial charge < -0.3 is 15.4 Å². The van der Waals surface area contributed by atoms with E-state index in [2.05, 4.69) is 24.1 Å². The summed E-state index contributed by atoms with van der Waals surface area (Å²) in [5.74, 6) is 1.49. The third kappa shape index (κ3) is 4.39. The van der Waals surface area contributed by atoms with Crippen LogP contribution in [0.1, 0.15) is 35.4 Å². The molecule has 1 atom stereocenters. The largest absolute Gasteiger partial charge is 0.496 e. The Morgan fingerprint density at radius 1 is 1.33 bits per heavy atom. The van der Waals surface area contributed by atoms with Crippen LogP contribution in [0.5, 0.6) is 5.75 Å². The molecule has 0 unspecified atom stereocenters. The van der Waals surface area contributed by atoms with E-state index in [0.29, 0.717) is 5.92 Å². The van der Waals surface area contributed by atoms with E-state index < -0.39 is 4.92 Å². The van der Waals surface area contributed by atoms with Gasteiger partial charge in [0.05, 0.1) is 12.0 Å². The van der Waals surface area contributed by atoms with Crippen molar-refractivity contribution < 1.29 is 9.66 Å². The maximum absolute atomic E-state index is 11.0. The van der Waals surface area contributed by atoms with Gasteiger partial charge in [0.2, 0.25) is 0 Å². The molecule has 27 heavy (non-hydrogen) atoms. The monoisotopic (exact) mass is 369 g/mol. The van der Waals surface area contributed by atoms with Crippen LogP contribution in [0.3, 0.4) is 0 Å². The lowest BCUT2D eigenvalue weighted by molar-refractivity contribution is -0.384. The summed E-state index contributed by atoms with van der Waals surface area (Å²) < 4.78 is 5.53. The second-order valence-electron chi connectivity index (χ2n) is 7.28. The SMILES string of the molecule is COc1cccc2c1CCC[C@H]2CN(C)CCc1ccc(N)c([N+](=O)[O-])c1. The molecule has 2 aromatic rings. The van der Waals surface area contributed by atoms with E-state index in [4.69, 9.17) is 10.5 Å². The summed E-state index contributed by atoms with van der Waals surface area (Å²) in [5, 5.41) is 11.0. The summed E-state index contributed by atoms with van der Waals surface area (Å²) in [6.07, 6.45) is 4.19. The van der Waals surface area contributed by atoms with E-state index >= 15 is 0 Å². The van der Waals surface area contributed by atoms with E-state index in [1.165, 1.54) is 24.0 Å².